The maximum Gasteiger partial charge on any atom is 0.323 e. The van der Waals surface area contributed by atoms with Crippen molar-refractivity contribution in [3.05, 3.63) is 126 Å². The Labute approximate surface area is 334 Å². The van der Waals surface area contributed by atoms with E-state index in [-0.39, 0.29) is 24.1 Å². The summed E-state index contributed by atoms with van der Waals surface area (Å²) in [5.74, 6) is 1.40. The molecule has 296 valence electrons. The molecule has 14 nitrogen and oxygen atoms in total. The average Bonchev–Trinajstić information content (AvgIpc) is 3.24. The molecule has 2 fully saturated rings. The van der Waals surface area contributed by atoms with Crippen LogP contribution in [-0.2, 0) is 13.1 Å². The van der Waals surface area contributed by atoms with Gasteiger partial charge in [-0.05, 0) is 91.4 Å². The van der Waals surface area contributed by atoms with E-state index >= 15 is 0 Å². The van der Waals surface area contributed by atoms with Gasteiger partial charge in [-0.25, -0.2) is 19.6 Å². The largest absolute Gasteiger partial charge is 0.619 e. The summed E-state index contributed by atoms with van der Waals surface area (Å²) in [4.78, 5) is 49.6. The number of piperidine rings is 2. The molecule has 3 aromatic heterocycles. The van der Waals surface area contributed by atoms with E-state index in [0.717, 1.165) is 97.0 Å². The van der Waals surface area contributed by atoms with Crippen LogP contribution in [0.3, 0.4) is 0 Å². The highest BCUT2D eigenvalue weighted by molar-refractivity contribution is 5.90. The summed E-state index contributed by atoms with van der Waals surface area (Å²) in [5, 5.41) is 17.8. The first-order chi connectivity index (χ1) is 27.7. The summed E-state index contributed by atoms with van der Waals surface area (Å²) in [6.45, 7) is 4.62. The fourth-order valence-electron chi connectivity index (χ4n) is 7.73. The van der Waals surface area contributed by atoms with Gasteiger partial charge < -0.3 is 30.1 Å². The highest BCUT2D eigenvalue weighted by Gasteiger charge is 2.28. The van der Waals surface area contributed by atoms with Crippen LogP contribution in [0.15, 0.2) is 110 Å². The average molecular weight is 770 g/mol. The summed E-state index contributed by atoms with van der Waals surface area (Å²) in [5.41, 5.74) is 6.04. The number of anilines is 4. The molecule has 0 radical (unpaired) electrons. The van der Waals surface area contributed by atoms with Gasteiger partial charge in [-0.2, -0.15) is 4.73 Å². The highest BCUT2D eigenvalue weighted by atomic mass is 16.5. The summed E-state index contributed by atoms with van der Waals surface area (Å²) in [6, 6.07) is 24.0. The molecule has 0 atom stereocenters. The van der Waals surface area contributed by atoms with E-state index in [9.17, 15) is 14.8 Å². The third-order valence-corrected chi connectivity index (χ3v) is 11.0. The Morgan fingerprint density at radius 2 is 1.40 bits per heavy atom. The summed E-state index contributed by atoms with van der Waals surface area (Å²) in [6.07, 6.45) is 13.3. The minimum atomic E-state index is -0.164. The van der Waals surface area contributed by atoms with Crippen molar-refractivity contribution < 1.29 is 14.3 Å². The van der Waals surface area contributed by atoms with E-state index in [1.807, 2.05) is 56.6 Å². The van der Waals surface area contributed by atoms with Gasteiger partial charge in [0.25, 0.3) is 0 Å². The molecule has 5 aromatic rings. The zero-order valence-corrected chi connectivity index (χ0v) is 32.9. The molecule has 0 aliphatic carbocycles. The molecule has 0 bridgehead atoms. The normalized spacial score (nSPS) is 15.0. The number of hydrogen-bond acceptors (Lipinski definition) is 9. The van der Waals surface area contributed by atoms with E-state index in [1.54, 1.807) is 46.9 Å². The lowest BCUT2D eigenvalue weighted by atomic mass is 10.0. The fourth-order valence-corrected chi connectivity index (χ4v) is 7.73. The van der Waals surface area contributed by atoms with Gasteiger partial charge in [0.2, 0.25) is 6.20 Å². The van der Waals surface area contributed by atoms with E-state index in [4.69, 9.17) is 0 Å². The zero-order valence-electron chi connectivity index (χ0n) is 32.9. The maximum atomic E-state index is 13.2. The van der Waals surface area contributed by atoms with Gasteiger partial charge in [0.05, 0.1) is 6.20 Å². The van der Waals surface area contributed by atoms with Gasteiger partial charge in [-0.15, -0.1) is 0 Å². The minimum absolute atomic E-state index is 0.120. The number of nitrogens with one attached hydrogen (secondary N) is 2. The molecule has 14 heteroatoms. The molecule has 2 aliphatic rings. The van der Waals surface area contributed by atoms with Crippen LogP contribution in [0.4, 0.5) is 32.6 Å². The van der Waals surface area contributed by atoms with Crippen LogP contribution in [-0.4, -0.2) is 101 Å². The number of rotatable bonds is 11. The predicted molar refractivity (Wildman–Crippen MR) is 223 cm³/mol. The van der Waals surface area contributed by atoms with E-state index in [2.05, 4.69) is 71.6 Å². The summed E-state index contributed by atoms with van der Waals surface area (Å²) < 4.78 is 0.821. The number of carbonyl (C=O) groups is 2. The van der Waals surface area contributed by atoms with Crippen molar-refractivity contribution in [3.8, 4) is 11.1 Å². The standard InChI is InChI=1S/C43H51N11O3/c1-49(30-33-13-18-45-40(27-33)48-43(56)51(3)38-16-24-53(25-17-38)41-28-44-19-20-46-41)29-32-6-4-7-35(26-32)34-9-11-36(12-10-34)47-42(55)50(2)37-14-22-52(23-15-37)39-8-5-21-54(57)31-39/h4-13,18-21,26-28,31,37-38H,14-17,22-25,29-30H2,1-3H3,(H,47,55)(H,45,48,56). The first-order valence-corrected chi connectivity index (χ1v) is 19.5. The summed E-state index contributed by atoms with van der Waals surface area (Å²) in [7, 11) is 5.78. The van der Waals surface area contributed by atoms with Gasteiger partial charge in [0.15, 0.2) is 6.20 Å². The summed E-state index contributed by atoms with van der Waals surface area (Å²) >= 11 is 0. The number of urea groups is 2. The predicted octanol–water partition coefficient (Wildman–Crippen LogP) is 6.07. The molecule has 0 spiro atoms. The van der Waals surface area contributed by atoms with E-state index in [1.165, 1.54) is 11.8 Å². The molecule has 4 amide bonds. The maximum absolute atomic E-state index is 13.2. The molecule has 5 heterocycles. The van der Waals surface area contributed by atoms with Crippen molar-refractivity contribution in [2.45, 2.75) is 50.9 Å². The number of benzene rings is 2. The quantitative estimate of drug-likeness (QED) is 0.121. The van der Waals surface area contributed by atoms with Gasteiger partial charge in [-0.1, -0.05) is 30.3 Å². The molecule has 0 unspecified atom stereocenters. The van der Waals surface area contributed by atoms with Crippen molar-refractivity contribution in [2.24, 2.45) is 0 Å². The molecule has 0 saturated carbocycles. The first-order valence-electron chi connectivity index (χ1n) is 19.5. The van der Waals surface area contributed by atoms with Crippen LogP contribution in [0.25, 0.3) is 11.1 Å². The van der Waals surface area contributed by atoms with Gasteiger partial charge in [0.1, 0.15) is 17.3 Å². The van der Waals surface area contributed by atoms with Crippen molar-refractivity contribution in [2.75, 3.05) is 67.8 Å². The third-order valence-electron chi connectivity index (χ3n) is 11.0. The molecule has 2 saturated heterocycles. The molecule has 2 aliphatic heterocycles. The second-order valence-electron chi connectivity index (χ2n) is 15.0. The number of carbonyl (C=O) groups excluding carboxylic acids is 2. The molecule has 7 rings (SSSR count). The Kier molecular flexibility index (Phi) is 12.4. The lowest BCUT2D eigenvalue weighted by Gasteiger charge is -2.37. The topological polar surface area (TPSA) is 140 Å². The molecule has 2 aromatic carbocycles. The third kappa shape index (κ3) is 10.1. The van der Waals surface area contributed by atoms with Crippen molar-refractivity contribution in [1.29, 1.82) is 0 Å². The number of amides is 4. The van der Waals surface area contributed by atoms with Crippen molar-refractivity contribution in [1.82, 2.24) is 29.7 Å². The van der Waals surface area contributed by atoms with Crippen LogP contribution >= 0.6 is 0 Å². The zero-order chi connectivity index (χ0) is 39.7. The van der Waals surface area contributed by atoms with Crippen molar-refractivity contribution in [3.63, 3.8) is 0 Å². The lowest BCUT2D eigenvalue weighted by Crippen LogP contribution is -2.47. The minimum Gasteiger partial charge on any atom is -0.619 e. The monoisotopic (exact) mass is 769 g/mol. The Morgan fingerprint density at radius 3 is 2.07 bits per heavy atom. The molecule has 2 N–H and O–H groups in total. The lowest BCUT2D eigenvalue weighted by molar-refractivity contribution is -0.604. The SMILES string of the molecule is CN(Cc1cccc(-c2ccc(NC(=O)N(C)C3CCN(c4ccc[n+]([O-])c4)CC3)cc2)c1)Cc1ccnc(NC(=O)N(C)C2CCN(c3cnccn3)CC2)c1. The fraction of sp³-hybridized carbons (Fsp3) is 0.349. The number of nitrogens with zero attached hydrogens (tertiary/aromatic N) is 9. The Bertz CT molecular complexity index is 2100. The Hall–Kier alpha value is -6.28. The Balaban J connectivity index is 0.867. The smallest absolute Gasteiger partial charge is 0.323 e. The number of hydrogen-bond donors (Lipinski definition) is 2. The van der Waals surface area contributed by atoms with Crippen LogP contribution in [0, 0.1) is 5.21 Å². The van der Waals surface area contributed by atoms with Gasteiger partial charge >= 0.3 is 12.1 Å². The highest BCUT2D eigenvalue weighted by Crippen LogP contribution is 2.26. The van der Waals surface area contributed by atoms with Crippen LogP contribution in [0.2, 0.25) is 0 Å². The van der Waals surface area contributed by atoms with Gasteiger partial charge in [0, 0.05) is 95.8 Å². The van der Waals surface area contributed by atoms with Crippen LogP contribution in [0.5, 0.6) is 0 Å². The molecular weight excluding hydrogens is 719 g/mol. The van der Waals surface area contributed by atoms with Gasteiger partial charge in [-0.3, -0.25) is 15.2 Å². The second kappa shape index (κ2) is 18.1. The molecule has 57 heavy (non-hydrogen) atoms. The van der Waals surface area contributed by atoms with Crippen molar-refractivity contribution >= 4 is 35.1 Å². The van der Waals surface area contributed by atoms with Crippen LogP contribution < -0.4 is 25.2 Å². The second-order valence-corrected chi connectivity index (χ2v) is 15.0. The first kappa shape index (κ1) is 39.0. The van der Waals surface area contributed by atoms with E-state index in [0.29, 0.717) is 12.4 Å². The number of pyridine rings is 2. The van der Waals surface area contributed by atoms with Crippen LogP contribution in [0.1, 0.15) is 36.8 Å². The van der Waals surface area contributed by atoms with E-state index < -0.39 is 0 Å². The molecular formula is C43H51N11O3. The number of aromatic nitrogens is 4. The Morgan fingerprint density at radius 1 is 0.737 bits per heavy atom.